The summed E-state index contributed by atoms with van der Waals surface area (Å²) in [5.41, 5.74) is 1.76. The van der Waals surface area contributed by atoms with Crippen LogP contribution in [-0.2, 0) is 0 Å². The summed E-state index contributed by atoms with van der Waals surface area (Å²) < 4.78 is 12.6. The van der Waals surface area contributed by atoms with E-state index in [9.17, 15) is 4.39 Å². The zero-order valence-electron chi connectivity index (χ0n) is 9.19. The quantitative estimate of drug-likeness (QED) is 0.566. The molecule has 0 heterocycles. The lowest BCUT2D eigenvalue weighted by Gasteiger charge is -1.97. The Labute approximate surface area is 80.8 Å². The van der Waals surface area contributed by atoms with Crippen LogP contribution in [0, 0.1) is 25.6 Å². The second-order valence-electron chi connectivity index (χ2n) is 3.91. The van der Waals surface area contributed by atoms with Crippen molar-refractivity contribution in [2.45, 2.75) is 34.6 Å². The van der Waals surface area contributed by atoms with Crippen molar-refractivity contribution < 1.29 is 4.39 Å². The zero-order chi connectivity index (χ0) is 10.4. The average Bonchev–Trinajstić information content (AvgIpc) is 1.99. The molecule has 74 valence electrons. The summed E-state index contributed by atoms with van der Waals surface area (Å²) in [5.74, 6) is 0.718. The van der Waals surface area contributed by atoms with E-state index in [0.29, 0.717) is 0 Å². The van der Waals surface area contributed by atoms with E-state index in [2.05, 4.69) is 20.8 Å². The average molecular weight is 182 g/mol. The second kappa shape index (κ2) is 5.74. The first-order valence-electron chi connectivity index (χ1n) is 4.67. The summed E-state index contributed by atoms with van der Waals surface area (Å²) in [6.45, 7) is 10.2. The Kier molecular flexibility index (Phi) is 5.36. The number of halogens is 1. The van der Waals surface area contributed by atoms with Gasteiger partial charge >= 0.3 is 0 Å². The fraction of sp³-hybridized carbons (Fsp3) is 0.500. The summed E-state index contributed by atoms with van der Waals surface area (Å²) in [6.07, 6.45) is 0. The highest BCUT2D eigenvalue weighted by atomic mass is 19.1. The van der Waals surface area contributed by atoms with Crippen molar-refractivity contribution in [2.24, 2.45) is 5.92 Å². The molecule has 0 amide bonds. The third-order valence-corrected chi connectivity index (χ3v) is 1.54. The lowest BCUT2D eigenvalue weighted by molar-refractivity contribution is 0.617. The van der Waals surface area contributed by atoms with E-state index >= 15 is 0 Å². The fourth-order valence-electron chi connectivity index (χ4n) is 0.715. The topological polar surface area (TPSA) is 0 Å². The minimum atomic E-state index is -0.116. The molecular formula is C12H19F. The SMILES string of the molecule is CC(C)C.Cc1cccc(F)c1C. The first kappa shape index (κ1) is 12.2. The van der Waals surface area contributed by atoms with Crippen LogP contribution in [0.3, 0.4) is 0 Å². The molecule has 0 aromatic heterocycles. The van der Waals surface area contributed by atoms with Gasteiger partial charge in [0.15, 0.2) is 0 Å². The molecule has 0 saturated heterocycles. The molecular weight excluding hydrogens is 163 g/mol. The minimum absolute atomic E-state index is 0.116. The molecule has 1 aromatic rings. The highest BCUT2D eigenvalue weighted by molar-refractivity contribution is 5.25. The highest BCUT2D eigenvalue weighted by Gasteiger charge is 1.95. The number of rotatable bonds is 0. The molecule has 0 aliphatic carbocycles. The summed E-state index contributed by atoms with van der Waals surface area (Å²) in [6, 6.07) is 5.10. The molecule has 0 atom stereocenters. The standard InChI is InChI=1S/C8H9F.C4H10/c1-6-4-3-5-8(9)7(6)2;1-4(2)3/h3-5H,1-2H3;4H,1-3H3. The maximum absolute atomic E-state index is 12.6. The van der Waals surface area contributed by atoms with Gasteiger partial charge in [-0.05, 0) is 37.0 Å². The van der Waals surface area contributed by atoms with Gasteiger partial charge in [-0.25, -0.2) is 4.39 Å². The molecule has 0 radical (unpaired) electrons. The van der Waals surface area contributed by atoms with Crippen LogP contribution < -0.4 is 0 Å². The predicted octanol–water partition coefficient (Wildman–Crippen LogP) is 4.10. The predicted molar refractivity (Wildman–Crippen MR) is 56.4 cm³/mol. The van der Waals surface area contributed by atoms with Gasteiger partial charge in [-0.2, -0.15) is 0 Å². The molecule has 0 saturated carbocycles. The van der Waals surface area contributed by atoms with Crippen LogP contribution in [0.15, 0.2) is 18.2 Å². The lowest BCUT2D eigenvalue weighted by atomic mass is 10.1. The van der Waals surface area contributed by atoms with Crippen molar-refractivity contribution in [3.05, 3.63) is 35.1 Å². The normalized spacial score (nSPS) is 9.46. The Morgan fingerprint density at radius 2 is 1.54 bits per heavy atom. The third-order valence-electron chi connectivity index (χ3n) is 1.54. The Balaban J connectivity index is 0.000000310. The number of hydrogen-bond acceptors (Lipinski definition) is 0. The van der Waals surface area contributed by atoms with Crippen molar-refractivity contribution in [3.63, 3.8) is 0 Å². The molecule has 1 aromatic carbocycles. The van der Waals surface area contributed by atoms with Crippen molar-refractivity contribution in [2.75, 3.05) is 0 Å². The fourth-order valence-corrected chi connectivity index (χ4v) is 0.715. The van der Waals surface area contributed by atoms with Crippen LogP contribution in [0.5, 0.6) is 0 Å². The van der Waals surface area contributed by atoms with E-state index in [1.165, 1.54) is 6.07 Å². The van der Waals surface area contributed by atoms with Crippen molar-refractivity contribution in [1.29, 1.82) is 0 Å². The van der Waals surface area contributed by atoms with Gasteiger partial charge in [0.05, 0.1) is 0 Å². The Morgan fingerprint density at radius 3 is 1.85 bits per heavy atom. The molecule has 0 N–H and O–H groups in total. The van der Waals surface area contributed by atoms with Gasteiger partial charge in [0.1, 0.15) is 5.82 Å². The van der Waals surface area contributed by atoms with Gasteiger partial charge in [0.2, 0.25) is 0 Å². The molecule has 0 fully saturated rings. The molecule has 0 unspecified atom stereocenters. The van der Waals surface area contributed by atoms with Crippen molar-refractivity contribution >= 4 is 0 Å². The first-order chi connectivity index (χ1) is 5.95. The van der Waals surface area contributed by atoms with Gasteiger partial charge in [-0.15, -0.1) is 0 Å². The molecule has 0 aliphatic heterocycles. The summed E-state index contributed by atoms with van der Waals surface area (Å²) >= 11 is 0. The molecule has 0 nitrogen and oxygen atoms in total. The zero-order valence-corrected chi connectivity index (χ0v) is 9.19. The Morgan fingerprint density at radius 1 is 1.08 bits per heavy atom. The van der Waals surface area contributed by atoms with Gasteiger partial charge in [0, 0.05) is 0 Å². The molecule has 1 rings (SSSR count). The second-order valence-corrected chi connectivity index (χ2v) is 3.91. The van der Waals surface area contributed by atoms with Crippen LogP contribution >= 0.6 is 0 Å². The molecule has 13 heavy (non-hydrogen) atoms. The van der Waals surface area contributed by atoms with Crippen LogP contribution in [0.4, 0.5) is 4.39 Å². The summed E-state index contributed by atoms with van der Waals surface area (Å²) in [4.78, 5) is 0. The number of hydrogen-bond donors (Lipinski definition) is 0. The van der Waals surface area contributed by atoms with E-state index in [4.69, 9.17) is 0 Å². The van der Waals surface area contributed by atoms with Crippen molar-refractivity contribution in [1.82, 2.24) is 0 Å². The smallest absolute Gasteiger partial charge is 0.126 e. The largest absolute Gasteiger partial charge is 0.207 e. The lowest BCUT2D eigenvalue weighted by Crippen LogP contribution is -1.83. The van der Waals surface area contributed by atoms with E-state index < -0.39 is 0 Å². The van der Waals surface area contributed by atoms with E-state index in [-0.39, 0.29) is 5.82 Å². The first-order valence-corrected chi connectivity index (χ1v) is 4.67. The van der Waals surface area contributed by atoms with Gasteiger partial charge in [-0.1, -0.05) is 32.9 Å². The van der Waals surface area contributed by atoms with E-state index in [1.54, 1.807) is 13.0 Å². The third kappa shape index (κ3) is 5.40. The van der Waals surface area contributed by atoms with Crippen LogP contribution in [0.25, 0.3) is 0 Å². The number of aryl methyl sites for hydroxylation is 1. The maximum atomic E-state index is 12.6. The molecule has 1 heteroatoms. The molecule has 0 bridgehead atoms. The van der Waals surface area contributed by atoms with Crippen LogP contribution in [0.2, 0.25) is 0 Å². The maximum Gasteiger partial charge on any atom is 0.126 e. The van der Waals surface area contributed by atoms with E-state index in [1.807, 2.05) is 13.0 Å². The Bertz CT molecular complexity index is 228. The minimum Gasteiger partial charge on any atom is -0.207 e. The number of benzene rings is 1. The van der Waals surface area contributed by atoms with Crippen molar-refractivity contribution in [3.8, 4) is 0 Å². The summed E-state index contributed by atoms with van der Waals surface area (Å²) in [7, 11) is 0. The van der Waals surface area contributed by atoms with Crippen LogP contribution in [0.1, 0.15) is 31.9 Å². The monoisotopic (exact) mass is 182 g/mol. The van der Waals surface area contributed by atoms with E-state index in [0.717, 1.165) is 17.0 Å². The van der Waals surface area contributed by atoms with Gasteiger partial charge in [-0.3, -0.25) is 0 Å². The Hall–Kier alpha value is -0.850. The molecule has 0 aliphatic rings. The highest BCUT2D eigenvalue weighted by Crippen LogP contribution is 2.09. The van der Waals surface area contributed by atoms with Gasteiger partial charge in [0.25, 0.3) is 0 Å². The summed E-state index contributed by atoms with van der Waals surface area (Å²) in [5, 5.41) is 0. The molecule has 0 spiro atoms. The van der Waals surface area contributed by atoms with Crippen LogP contribution in [-0.4, -0.2) is 0 Å². The van der Waals surface area contributed by atoms with Gasteiger partial charge < -0.3 is 0 Å².